The number of nitrogens with zero attached hydrogens (tertiary/aromatic N) is 3. The van der Waals surface area contributed by atoms with E-state index in [1.54, 1.807) is 0 Å². The van der Waals surface area contributed by atoms with Crippen LogP contribution in [0.5, 0.6) is 0 Å². The van der Waals surface area contributed by atoms with Crippen molar-refractivity contribution in [1.29, 1.82) is 0 Å². The first-order valence-electron chi connectivity index (χ1n) is 11.4. The minimum Gasteiger partial charge on any atom is -0.393 e. The average Bonchev–Trinajstić information content (AvgIpc) is 3.33. The lowest BCUT2D eigenvalue weighted by Gasteiger charge is -2.29. The Labute approximate surface area is 165 Å². The van der Waals surface area contributed by atoms with E-state index in [0.717, 1.165) is 70.4 Å². The molecule has 1 saturated carbocycles. The van der Waals surface area contributed by atoms with Crippen LogP contribution in [0.4, 0.5) is 0 Å². The topological polar surface area (TPSA) is 63.1 Å². The standard InChI is InChI=1S/C21H41N5O/c1-2-22-21(23-11-5-12-25-14-9-20(27)10-15-25)24-19-8-13-26(17-19)16-18-6-3-4-7-18/h18-20,27H,2-17H2,1H3,(H2,22,23,24). The van der Waals surface area contributed by atoms with E-state index in [9.17, 15) is 5.11 Å². The highest BCUT2D eigenvalue weighted by atomic mass is 16.3. The van der Waals surface area contributed by atoms with Crippen LogP contribution in [-0.2, 0) is 0 Å². The van der Waals surface area contributed by atoms with Gasteiger partial charge in [-0.15, -0.1) is 0 Å². The molecule has 3 aliphatic rings. The maximum absolute atomic E-state index is 9.60. The van der Waals surface area contributed by atoms with Crippen molar-refractivity contribution in [2.24, 2.45) is 10.9 Å². The molecule has 0 spiro atoms. The highest BCUT2D eigenvalue weighted by Crippen LogP contribution is 2.26. The molecule has 156 valence electrons. The van der Waals surface area contributed by atoms with Gasteiger partial charge >= 0.3 is 0 Å². The van der Waals surface area contributed by atoms with E-state index in [1.807, 2.05) is 0 Å². The summed E-state index contributed by atoms with van der Waals surface area (Å²) in [6, 6.07) is 0.535. The second-order valence-electron chi connectivity index (χ2n) is 8.73. The van der Waals surface area contributed by atoms with Crippen LogP contribution in [0.1, 0.15) is 58.3 Å². The van der Waals surface area contributed by atoms with Crippen molar-refractivity contribution in [2.75, 3.05) is 52.4 Å². The summed E-state index contributed by atoms with van der Waals surface area (Å²) >= 11 is 0. The van der Waals surface area contributed by atoms with Gasteiger partial charge in [-0.1, -0.05) is 12.8 Å². The normalized spacial score (nSPS) is 26.7. The number of aliphatic imine (C=N–C) groups is 1. The quantitative estimate of drug-likeness (QED) is 0.340. The molecule has 3 rings (SSSR count). The van der Waals surface area contributed by atoms with Crippen molar-refractivity contribution in [3.63, 3.8) is 0 Å². The minimum absolute atomic E-state index is 0.0801. The predicted octanol–water partition coefficient (Wildman–Crippen LogP) is 1.65. The fraction of sp³-hybridized carbons (Fsp3) is 0.952. The van der Waals surface area contributed by atoms with Crippen molar-refractivity contribution in [2.45, 2.75) is 70.4 Å². The van der Waals surface area contributed by atoms with E-state index >= 15 is 0 Å². The number of rotatable bonds is 8. The number of nitrogens with one attached hydrogen (secondary N) is 2. The highest BCUT2D eigenvalue weighted by Gasteiger charge is 2.26. The van der Waals surface area contributed by atoms with Gasteiger partial charge in [0, 0.05) is 51.9 Å². The van der Waals surface area contributed by atoms with Crippen LogP contribution < -0.4 is 10.6 Å². The van der Waals surface area contributed by atoms with Crippen LogP contribution >= 0.6 is 0 Å². The molecule has 2 saturated heterocycles. The zero-order chi connectivity index (χ0) is 18.9. The Hall–Kier alpha value is -0.850. The third-order valence-electron chi connectivity index (χ3n) is 6.41. The van der Waals surface area contributed by atoms with E-state index in [1.165, 1.54) is 45.2 Å². The summed E-state index contributed by atoms with van der Waals surface area (Å²) in [5, 5.41) is 16.7. The summed E-state index contributed by atoms with van der Waals surface area (Å²) in [6.45, 7) is 10.8. The van der Waals surface area contributed by atoms with Crippen LogP contribution in [0.15, 0.2) is 4.99 Å². The maximum atomic E-state index is 9.60. The molecular formula is C21H41N5O. The Morgan fingerprint density at radius 3 is 2.52 bits per heavy atom. The monoisotopic (exact) mass is 379 g/mol. The number of aliphatic hydroxyl groups excluding tert-OH is 1. The van der Waals surface area contributed by atoms with Crippen molar-refractivity contribution < 1.29 is 5.11 Å². The number of piperidine rings is 1. The summed E-state index contributed by atoms with van der Waals surface area (Å²) in [7, 11) is 0. The molecule has 0 amide bonds. The molecule has 3 N–H and O–H groups in total. The first-order valence-corrected chi connectivity index (χ1v) is 11.4. The van der Waals surface area contributed by atoms with Crippen LogP contribution in [0, 0.1) is 5.92 Å². The molecule has 27 heavy (non-hydrogen) atoms. The number of likely N-dealkylation sites (tertiary alicyclic amines) is 2. The molecular weight excluding hydrogens is 338 g/mol. The highest BCUT2D eigenvalue weighted by molar-refractivity contribution is 5.80. The van der Waals surface area contributed by atoms with Gasteiger partial charge in [0.15, 0.2) is 5.96 Å². The van der Waals surface area contributed by atoms with Gasteiger partial charge in [-0.25, -0.2) is 0 Å². The van der Waals surface area contributed by atoms with Crippen LogP contribution in [0.2, 0.25) is 0 Å². The third kappa shape index (κ3) is 7.24. The minimum atomic E-state index is -0.0801. The molecule has 0 radical (unpaired) electrons. The molecule has 0 aromatic carbocycles. The van der Waals surface area contributed by atoms with Gasteiger partial charge in [0.2, 0.25) is 0 Å². The summed E-state index contributed by atoms with van der Waals surface area (Å²) in [6.07, 6.45) is 9.84. The van der Waals surface area contributed by atoms with Gasteiger partial charge in [-0.3, -0.25) is 4.99 Å². The molecule has 0 aromatic rings. The second kappa shape index (κ2) is 11.2. The Morgan fingerprint density at radius 1 is 1.04 bits per heavy atom. The molecule has 1 aliphatic carbocycles. The van der Waals surface area contributed by atoms with E-state index in [4.69, 9.17) is 4.99 Å². The average molecular weight is 380 g/mol. The molecule has 1 atom stereocenters. The summed E-state index contributed by atoms with van der Waals surface area (Å²) < 4.78 is 0. The van der Waals surface area contributed by atoms with Gasteiger partial charge in [0.25, 0.3) is 0 Å². The molecule has 6 heteroatoms. The van der Waals surface area contributed by atoms with E-state index in [-0.39, 0.29) is 6.10 Å². The molecule has 2 heterocycles. The molecule has 1 unspecified atom stereocenters. The number of hydrogen-bond donors (Lipinski definition) is 3. The first-order chi connectivity index (χ1) is 13.2. The predicted molar refractivity (Wildman–Crippen MR) is 112 cm³/mol. The lowest BCUT2D eigenvalue weighted by molar-refractivity contribution is 0.0824. The largest absolute Gasteiger partial charge is 0.393 e. The first kappa shape index (κ1) is 20.9. The van der Waals surface area contributed by atoms with E-state index in [2.05, 4.69) is 27.4 Å². The Balaban J connectivity index is 1.34. The zero-order valence-corrected chi connectivity index (χ0v) is 17.3. The second-order valence-corrected chi connectivity index (χ2v) is 8.73. The Bertz CT molecular complexity index is 444. The summed E-state index contributed by atoms with van der Waals surface area (Å²) in [4.78, 5) is 9.92. The summed E-state index contributed by atoms with van der Waals surface area (Å²) in [5.74, 6) is 1.93. The lowest BCUT2D eigenvalue weighted by Crippen LogP contribution is -2.45. The van der Waals surface area contributed by atoms with Crippen molar-refractivity contribution in [3.8, 4) is 0 Å². The van der Waals surface area contributed by atoms with Crippen molar-refractivity contribution in [3.05, 3.63) is 0 Å². The van der Waals surface area contributed by atoms with Crippen molar-refractivity contribution >= 4 is 5.96 Å². The molecule has 0 aromatic heterocycles. The van der Waals surface area contributed by atoms with Gasteiger partial charge in [-0.05, 0) is 57.9 Å². The summed E-state index contributed by atoms with van der Waals surface area (Å²) in [5.41, 5.74) is 0. The smallest absolute Gasteiger partial charge is 0.191 e. The van der Waals surface area contributed by atoms with Gasteiger partial charge < -0.3 is 25.5 Å². The van der Waals surface area contributed by atoms with Gasteiger partial charge in [0.1, 0.15) is 0 Å². The number of guanidine groups is 1. The SMILES string of the molecule is CCNC(=NCCCN1CCC(O)CC1)NC1CCN(CC2CCCC2)C1. The van der Waals surface area contributed by atoms with Crippen LogP contribution in [-0.4, -0.2) is 85.4 Å². The Morgan fingerprint density at radius 2 is 1.78 bits per heavy atom. The van der Waals surface area contributed by atoms with Crippen LogP contribution in [0.25, 0.3) is 0 Å². The fourth-order valence-electron chi connectivity index (χ4n) is 4.82. The lowest BCUT2D eigenvalue weighted by atomic mass is 10.1. The van der Waals surface area contributed by atoms with Gasteiger partial charge in [0.05, 0.1) is 6.10 Å². The zero-order valence-electron chi connectivity index (χ0n) is 17.3. The fourth-order valence-corrected chi connectivity index (χ4v) is 4.82. The third-order valence-corrected chi connectivity index (χ3v) is 6.41. The number of aliphatic hydroxyl groups is 1. The molecule has 0 bridgehead atoms. The maximum Gasteiger partial charge on any atom is 0.191 e. The molecule has 3 fully saturated rings. The number of hydrogen-bond acceptors (Lipinski definition) is 4. The molecule has 2 aliphatic heterocycles. The van der Waals surface area contributed by atoms with Crippen LogP contribution in [0.3, 0.4) is 0 Å². The van der Waals surface area contributed by atoms with E-state index in [0.29, 0.717) is 6.04 Å². The Kier molecular flexibility index (Phi) is 8.68. The van der Waals surface area contributed by atoms with Gasteiger partial charge in [-0.2, -0.15) is 0 Å². The van der Waals surface area contributed by atoms with E-state index < -0.39 is 0 Å². The van der Waals surface area contributed by atoms with Crippen molar-refractivity contribution in [1.82, 2.24) is 20.4 Å². The molecule has 6 nitrogen and oxygen atoms in total.